The number of benzene rings is 1. The highest BCUT2D eigenvalue weighted by Crippen LogP contribution is 2.22. The van der Waals surface area contributed by atoms with Gasteiger partial charge in [-0.3, -0.25) is 4.79 Å². The van der Waals surface area contributed by atoms with Gasteiger partial charge in [0, 0.05) is 25.4 Å². The van der Waals surface area contributed by atoms with E-state index < -0.39 is 0 Å². The third kappa shape index (κ3) is 14.5. The van der Waals surface area contributed by atoms with Gasteiger partial charge in [0.05, 0.1) is 12.7 Å². The summed E-state index contributed by atoms with van der Waals surface area (Å²) in [6.45, 7) is 17.3. The summed E-state index contributed by atoms with van der Waals surface area (Å²) in [7, 11) is 0. The zero-order valence-corrected chi connectivity index (χ0v) is 25.2. The van der Waals surface area contributed by atoms with Crippen molar-refractivity contribution in [1.82, 2.24) is 10.2 Å². The first-order valence-corrected chi connectivity index (χ1v) is 15.3. The monoisotopic (exact) mass is 538 g/mol. The summed E-state index contributed by atoms with van der Waals surface area (Å²) in [5.74, 6) is 2.04. The Morgan fingerprint density at radius 3 is 2.67 bits per heavy atom. The van der Waals surface area contributed by atoms with Crippen LogP contribution < -0.4 is 10.1 Å². The van der Waals surface area contributed by atoms with Crippen molar-refractivity contribution in [3.63, 3.8) is 0 Å². The second-order valence-electron chi connectivity index (χ2n) is 11.1. The fraction of sp³-hybridized carbons (Fsp3) is 0.618. The molecule has 1 aliphatic heterocycles. The number of aryl methyl sites for hydroxylation is 1. The Bertz CT molecular complexity index is 900. The number of rotatable bonds is 21. The summed E-state index contributed by atoms with van der Waals surface area (Å²) in [6.07, 6.45) is 17.5. The molecule has 0 aromatic heterocycles. The Labute approximate surface area is 238 Å². The topological polar surface area (TPSA) is 50.8 Å². The van der Waals surface area contributed by atoms with Gasteiger partial charge < -0.3 is 19.7 Å². The fourth-order valence-electron chi connectivity index (χ4n) is 4.91. The van der Waals surface area contributed by atoms with Gasteiger partial charge in [0.25, 0.3) is 0 Å². The molecule has 1 saturated heterocycles. The maximum absolute atomic E-state index is 12.4. The van der Waals surface area contributed by atoms with Crippen LogP contribution in [0.4, 0.5) is 0 Å². The van der Waals surface area contributed by atoms with Gasteiger partial charge in [-0.2, -0.15) is 0 Å². The summed E-state index contributed by atoms with van der Waals surface area (Å²) in [6, 6.07) is 7.09. The molecule has 0 unspecified atom stereocenters. The minimum atomic E-state index is 0.0929. The third-order valence-corrected chi connectivity index (χ3v) is 7.01. The second-order valence-corrected chi connectivity index (χ2v) is 11.1. The van der Waals surface area contributed by atoms with Crippen molar-refractivity contribution < 1.29 is 14.3 Å². The number of nitrogens with zero attached hydrogens (tertiary/aromatic N) is 1. The summed E-state index contributed by atoms with van der Waals surface area (Å²) in [5.41, 5.74) is 2.54. The Balaban J connectivity index is 1.80. The number of ether oxygens (including phenoxy) is 2. The van der Waals surface area contributed by atoms with Gasteiger partial charge in [-0.25, -0.2) is 0 Å². The van der Waals surface area contributed by atoms with Crippen LogP contribution in [0.1, 0.15) is 89.7 Å². The van der Waals surface area contributed by atoms with Gasteiger partial charge >= 0.3 is 0 Å². The molecule has 0 amide bonds. The molecule has 0 spiro atoms. The molecule has 0 aliphatic carbocycles. The molecule has 1 atom stereocenters. The van der Waals surface area contributed by atoms with E-state index in [-0.39, 0.29) is 11.9 Å². The number of Topliss-reactive ketones (excluding diaryl/α,β-unsaturated/α-hetero) is 1. The maximum atomic E-state index is 12.4. The average molecular weight is 539 g/mol. The Kier molecular flexibility index (Phi) is 16.5. The van der Waals surface area contributed by atoms with Crippen molar-refractivity contribution in [2.75, 3.05) is 32.8 Å². The van der Waals surface area contributed by atoms with Crippen LogP contribution in [-0.2, 0) is 16.0 Å². The summed E-state index contributed by atoms with van der Waals surface area (Å²) in [5, 5.41) is 3.81. The SMILES string of the molecule is C=C/C=C(\C=C/CC(=O)CCCCN[C@@H](Cc1ccc(C)c(OCCCCC)c1)CN1CCCC1)OC(C)C. The van der Waals surface area contributed by atoms with Gasteiger partial charge in [0.2, 0.25) is 0 Å². The second kappa shape index (κ2) is 19.7. The first kappa shape index (κ1) is 32.8. The molecule has 218 valence electrons. The first-order chi connectivity index (χ1) is 18.9. The van der Waals surface area contributed by atoms with E-state index in [4.69, 9.17) is 9.47 Å². The number of hydrogen-bond donors (Lipinski definition) is 1. The molecule has 1 aliphatic rings. The van der Waals surface area contributed by atoms with Crippen LogP contribution in [0.5, 0.6) is 5.75 Å². The molecule has 1 aromatic carbocycles. The minimum Gasteiger partial charge on any atom is -0.493 e. The van der Waals surface area contributed by atoms with E-state index in [1.165, 1.54) is 49.9 Å². The standard InChI is InChI=1S/C34H54N2O3/c1-6-8-13-24-38-34-26-30(20-19-29(34)5)25-31(27-36-22-11-12-23-36)35-21-10-9-16-32(37)17-14-18-33(15-7-2)39-28(3)4/h7,14-15,18-20,26,28,31,35H,2,6,8-13,16-17,21-25,27H2,1,3-5H3/b18-14-,33-15+/t31-/m0/s1. The lowest BCUT2D eigenvalue weighted by Gasteiger charge is -2.25. The van der Waals surface area contributed by atoms with Crippen molar-refractivity contribution in [1.29, 1.82) is 0 Å². The number of carbonyl (C=O) groups excluding carboxylic acids is 1. The van der Waals surface area contributed by atoms with Crippen LogP contribution in [0.2, 0.25) is 0 Å². The van der Waals surface area contributed by atoms with E-state index in [1.807, 2.05) is 32.1 Å². The predicted molar refractivity (Wildman–Crippen MR) is 164 cm³/mol. The van der Waals surface area contributed by atoms with Crippen molar-refractivity contribution in [2.45, 2.75) is 104 Å². The highest BCUT2D eigenvalue weighted by molar-refractivity contribution is 5.79. The van der Waals surface area contributed by atoms with Gasteiger partial charge in [0.15, 0.2) is 0 Å². The van der Waals surface area contributed by atoms with E-state index in [9.17, 15) is 4.79 Å². The average Bonchev–Trinajstić information content (AvgIpc) is 3.41. The van der Waals surface area contributed by atoms with Crippen molar-refractivity contribution in [3.05, 3.63) is 66.0 Å². The molecule has 1 fully saturated rings. The van der Waals surface area contributed by atoms with Crippen LogP contribution in [0.15, 0.2) is 54.8 Å². The molecule has 1 N–H and O–H groups in total. The molecular weight excluding hydrogens is 484 g/mol. The van der Waals surface area contributed by atoms with Crippen LogP contribution >= 0.6 is 0 Å². The molecule has 2 rings (SSSR count). The number of likely N-dealkylation sites (tertiary alicyclic amines) is 1. The molecule has 0 saturated carbocycles. The van der Waals surface area contributed by atoms with Gasteiger partial charge in [-0.05, 0) is 108 Å². The summed E-state index contributed by atoms with van der Waals surface area (Å²) < 4.78 is 11.8. The Morgan fingerprint density at radius 2 is 1.95 bits per heavy atom. The highest BCUT2D eigenvalue weighted by Gasteiger charge is 2.18. The van der Waals surface area contributed by atoms with Gasteiger partial charge in [-0.15, -0.1) is 0 Å². The van der Waals surface area contributed by atoms with Crippen LogP contribution in [0, 0.1) is 6.92 Å². The molecule has 5 nitrogen and oxygen atoms in total. The molecular formula is C34H54N2O3. The zero-order valence-electron chi connectivity index (χ0n) is 25.2. The molecule has 1 aromatic rings. The van der Waals surface area contributed by atoms with Crippen molar-refractivity contribution >= 4 is 5.78 Å². The number of carbonyl (C=O) groups is 1. The summed E-state index contributed by atoms with van der Waals surface area (Å²) >= 11 is 0. The maximum Gasteiger partial charge on any atom is 0.136 e. The predicted octanol–water partition coefficient (Wildman–Crippen LogP) is 7.34. The van der Waals surface area contributed by atoms with Gasteiger partial charge in [-0.1, -0.05) is 50.6 Å². The number of nitrogens with one attached hydrogen (secondary N) is 1. The van der Waals surface area contributed by atoms with Crippen LogP contribution in [0.25, 0.3) is 0 Å². The van der Waals surface area contributed by atoms with Crippen LogP contribution in [-0.4, -0.2) is 55.6 Å². The molecule has 39 heavy (non-hydrogen) atoms. The Morgan fingerprint density at radius 1 is 1.15 bits per heavy atom. The molecule has 1 heterocycles. The van der Waals surface area contributed by atoms with E-state index in [1.54, 1.807) is 6.08 Å². The van der Waals surface area contributed by atoms with E-state index in [0.717, 1.165) is 56.9 Å². The van der Waals surface area contributed by atoms with Gasteiger partial charge in [0.1, 0.15) is 17.3 Å². The molecule has 0 radical (unpaired) electrons. The zero-order chi connectivity index (χ0) is 28.3. The van der Waals surface area contributed by atoms with Crippen molar-refractivity contribution in [3.8, 4) is 5.75 Å². The number of unbranched alkanes of at least 4 members (excludes halogenated alkanes) is 3. The first-order valence-electron chi connectivity index (χ1n) is 15.3. The lowest BCUT2D eigenvalue weighted by Crippen LogP contribution is -2.42. The number of hydrogen-bond acceptors (Lipinski definition) is 5. The molecule has 0 bridgehead atoms. The van der Waals surface area contributed by atoms with E-state index >= 15 is 0 Å². The van der Waals surface area contributed by atoms with Crippen molar-refractivity contribution in [2.24, 2.45) is 0 Å². The summed E-state index contributed by atoms with van der Waals surface area (Å²) in [4.78, 5) is 15.0. The van der Waals surface area contributed by atoms with Crippen LogP contribution in [0.3, 0.4) is 0 Å². The smallest absolute Gasteiger partial charge is 0.136 e. The van der Waals surface area contributed by atoms with E-state index in [2.05, 4.69) is 48.8 Å². The normalized spacial score (nSPS) is 15.3. The fourth-order valence-corrected chi connectivity index (χ4v) is 4.91. The Hall–Kier alpha value is -2.37. The highest BCUT2D eigenvalue weighted by atomic mass is 16.5. The number of allylic oxidation sites excluding steroid dienone is 4. The largest absolute Gasteiger partial charge is 0.493 e. The van der Waals surface area contributed by atoms with E-state index in [0.29, 0.717) is 18.9 Å². The lowest BCUT2D eigenvalue weighted by molar-refractivity contribution is -0.118. The number of ketones is 1. The lowest BCUT2D eigenvalue weighted by atomic mass is 10.0. The quantitative estimate of drug-likeness (QED) is 0.101. The molecule has 5 heteroatoms. The minimum absolute atomic E-state index is 0.0929. The third-order valence-electron chi connectivity index (χ3n) is 7.01.